The van der Waals surface area contributed by atoms with Crippen molar-refractivity contribution in [1.29, 1.82) is 0 Å². The summed E-state index contributed by atoms with van der Waals surface area (Å²) in [5.74, 6) is 0. The molecule has 0 saturated heterocycles. The van der Waals surface area contributed by atoms with E-state index in [4.69, 9.17) is 5.11 Å². The summed E-state index contributed by atoms with van der Waals surface area (Å²) in [6.45, 7) is 2.37. The second-order valence-corrected chi connectivity index (χ2v) is 4.26. The Kier molecular flexibility index (Phi) is 2.34. The van der Waals surface area contributed by atoms with Gasteiger partial charge in [-0.05, 0) is 23.9 Å². The van der Waals surface area contributed by atoms with Gasteiger partial charge in [-0.25, -0.2) is 0 Å². The van der Waals surface area contributed by atoms with Gasteiger partial charge in [0, 0.05) is 22.6 Å². The van der Waals surface area contributed by atoms with Crippen molar-refractivity contribution in [3.8, 4) is 0 Å². The highest BCUT2D eigenvalue weighted by atomic mass is 32.1. The maximum absolute atomic E-state index is 8.88. The van der Waals surface area contributed by atoms with Gasteiger partial charge in [0.25, 0.3) is 0 Å². The lowest BCUT2D eigenvalue weighted by Crippen LogP contribution is -1.88. The number of rotatable bonds is 2. The van der Waals surface area contributed by atoms with Crippen LogP contribution in [0.25, 0.3) is 10.1 Å². The van der Waals surface area contributed by atoms with E-state index in [9.17, 15) is 0 Å². The Labute approximate surface area is 81.6 Å². The molecule has 0 aliphatic carbocycles. The minimum atomic E-state index is 0.244. The zero-order valence-electron chi connectivity index (χ0n) is 7.58. The van der Waals surface area contributed by atoms with E-state index in [1.54, 1.807) is 11.3 Å². The molecule has 13 heavy (non-hydrogen) atoms. The lowest BCUT2D eigenvalue weighted by atomic mass is 10.1. The van der Waals surface area contributed by atoms with Gasteiger partial charge in [-0.2, -0.15) is 0 Å². The molecular formula is C11H12OS. The molecule has 1 N–H and O–H groups in total. The van der Waals surface area contributed by atoms with E-state index in [2.05, 4.69) is 31.2 Å². The molecule has 0 amide bonds. The second kappa shape index (κ2) is 3.48. The van der Waals surface area contributed by atoms with Gasteiger partial charge in [0.15, 0.2) is 0 Å². The van der Waals surface area contributed by atoms with Gasteiger partial charge in [0.1, 0.15) is 0 Å². The first-order chi connectivity index (χ1) is 6.33. The summed E-state index contributed by atoms with van der Waals surface area (Å²) in [7, 11) is 0. The fourth-order valence-corrected chi connectivity index (χ4v) is 2.76. The van der Waals surface area contributed by atoms with Crippen LogP contribution in [0.1, 0.15) is 10.4 Å². The smallest absolute Gasteiger partial charge is 0.0479 e. The van der Waals surface area contributed by atoms with Crippen molar-refractivity contribution in [3.05, 3.63) is 34.7 Å². The average molecular weight is 192 g/mol. The summed E-state index contributed by atoms with van der Waals surface area (Å²) < 4.78 is 1.32. The topological polar surface area (TPSA) is 20.2 Å². The van der Waals surface area contributed by atoms with E-state index >= 15 is 0 Å². The van der Waals surface area contributed by atoms with E-state index < -0.39 is 0 Å². The Morgan fingerprint density at radius 1 is 1.31 bits per heavy atom. The van der Waals surface area contributed by atoms with E-state index in [-0.39, 0.29) is 6.61 Å². The SMILES string of the molecule is Cc1c(CCO)sc2ccccc12. The molecule has 0 aliphatic rings. The summed E-state index contributed by atoms with van der Waals surface area (Å²) in [6.07, 6.45) is 0.783. The van der Waals surface area contributed by atoms with Crippen LogP contribution >= 0.6 is 11.3 Å². The van der Waals surface area contributed by atoms with Crippen LogP contribution < -0.4 is 0 Å². The molecule has 0 saturated carbocycles. The molecule has 2 heteroatoms. The number of benzene rings is 1. The molecule has 0 atom stereocenters. The Balaban J connectivity index is 2.60. The van der Waals surface area contributed by atoms with Gasteiger partial charge in [0.05, 0.1) is 0 Å². The number of fused-ring (bicyclic) bond motifs is 1. The number of aliphatic hydroxyl groups is 1. The fourth-order valence-electron chi connectivity index (χ4n) is 1.56. The zero-order chi connectivity index (χ0) is 9.26. The van der Waals surface area contributed by atoms with Crippen molar-refractivity contribution in [2.45, 2.75) is 13.3 Å². The number of thiophene rings is 1. The van der Waals surface area contributed by atoms with Crippen LogP contribution in [0, 0.1) is 6.92 Å². The first-order valence-corrected chi connectivity index (χ1v) is 5.22. The van der Waals surface area contributed by atoms with E-state index in [1.165, 1.54) is 20.5 Å². The Morgan fingerprint density at radius 3 is 2.77 bits per heavy atom. The molecule has 1 aromatic carbocycles. The predicted molar refractivity (Wildman–Crippen MR) is 57.4 cm³/mol. The summed E-state index contributed by atoms with van der Waals surface area (Å²) in [5.41, 5.74) is 1.33. The first kappa shape index (κ1) is 8.73. The minimum Gasteiger partial charge on any atom is -0.396 e. The van der Waals surface area contributed by atoms with Gasteiger partial charge in [-0.15, -0.1) is 11.3 Å². The molecule has 1 heterocycles. The monoisotopic (exact) mass is 192 g/mol. The summed E-state index contributed by atoms with van der Waals surface area (Å²) in [4.78, 5) is 1.31. The Hall–Kier alpha value is -0.860. The lowest BCUT2D eigenvalue weighted by Gasteiger charge is -1.93. The van der Waals surface area contributed by atoms with Gasteiger partial charge in [0.2, 0.25) is 0 Å². The third-order valence-corrected chi connectivity index (χ3v) is 3.61. The Morgan fingerprint density at radius 2 is 2.08 bits per heavy atom. The summed E-state index contributed by atoms with van der Waals surface area (Å²) in [5, 5.41) is 10.2. The molecular weight excluding hydrogens is 180 g/mol. The summed E-state index contributed by atoms with van der Waals surface area (Å²) in [6, 6.07) is 8.39. The maximum atomic E-state index is 8.88. The molecule has 0 fully saturated rings. The number of hydrogen-bond donors (Lipinski definition) is 1. The van der Waals surface area contributed by atoms with Crippen molar-refractivity contribution in [1.82, 2.24) is 0 Å². The van der Waals surface area contributed by atoms with Crippen LogP contribution in [0.4, 0.5) is 0 Å². The highest BCUT2D eigenvalue weighted by molar-refractivity contribution is 7.19. The molecule has 1 nitrogen and oxygen atoms in total. The van der Waals surface area contributed by atoms with Crippen LogP contribution in [-0.2, 0) is 6.42 Å². The summed E-state index contributed by atoms with van der Waals surface area (Å²) >= 11 is 1.79. The minimum absolute atomic E-state index is 0.244. The van der Waals surface area contributed by atoms with Crippen molar-refractivity contribution in [3.63, 3.8) is 0 Å². The molecule has 1 aromatic heterocycles. The Bertz CT molecular complexity index is 417. The molecule has 0 unspecified atom stereocenters. The van der Waals surface area contributed by atoms with E-state index in [0.29, 0.717) is 0 Å². The lowest BCUT2D eigenvalue weighted by molar-refractivity contribution is 0.300. The second-order valence-electron chi connectivity index (χ2n) is 3.12. The third kappa shape index (κ3) is 1.47. The van der Waals surface area contributed by atoms with Crippen molar-refractivity contribution in [2.24, 2.45) is 0 Å². The van der Waals surface area contributed by atoms with Gasteiger partial charge in [-0.1, -0.05) is 18.2 Å². The normalized spacial score (nSPS) is 10.9. The number of aliphatic hydroxyl groups excluding tert-OH is 1. The van der Waals surface area contributed by atoms with Crippen molar-refractivity contribution >= 4 is 21.4 Å². The van der Waals surface area contributed by atoms with Crippen molar-refractivity contribution in [2.75, 3.05) is 6.61 Å². The molecule has 68 valence electrons. The van der Waals surface area contributed by atoms with E-state index in [1.807, 2.05) is 0 Å². The van der Waals surface area contributed by atoms with Crippen LogP contribution in [-0.4, -0.2) is 11.7 Å². The molecule has 0 aliphatic heterocycles. The molecule has 0 bridgehead atoms. The zero-order valence-corrected chi connectivity index (χ0v) is 8.40. The van der Waals surface area contributed by atoms with Crippen LogP contribution in [0.15, 0.2) is 24.3 Å². The predicted octanol–water partition coefficient (Wildman–Crippen LogP) is 2.74. The number of aryl methyl sites for hydroxylation is 1. The van der Waals surface area contributed by atoms with Gasteiger partial charge >= 0.3 is 0 Å². The van der Waals surface area contributed by atoms with Crippen LogP contribution in [0.3, 0.4) is 0 Å². The van der Waals surface area contributed by atoms with Gasteiger partial charge < -0.3 is 5.11 Å². The van der Waals surface area contributed by atoms with Crippen molar-refractivity contribution < 1.29 is 5.11 Å². The van der Waals surface area contributed by atoms with Gasteiger partial charge in [-0.3, -0.25) is 0 Å². The first-order valence-electron chi connectivity index (χ1n) is 4.41. The molecule has 0 radical (unpaired) electrons. The molecule has 0 spiro atoms. The quantitative estimate of drug-likeness (QED) is 0.775. The largest absolute Gasteiger partial charge is 0.396 e. The fraction of sp³-hybridized carbons (Fsp3) is 0.273. The highest BCUT2D eigenvalue weighted by Crippen LogP contribution is 2.30. The average Bonchev–Trinajstić information content (AvgIpc) is 2.46. The van der Waals surface area contributed by atoms with Crippen LogP contribution in [0.2, 0.25) is 0 Å². The number of hydrogen-bond acceptors (Lipinski definition) is 2. The molecule has 2 rings (SSSR count). The van der Waals surface area contributed by atoms with E-state index in [0.717, 1.165) is 6.42 Å². The standard InChI is InChI=1S/C11H12OS/c1-8-9-4-2-3-5-11(9)13-10(8)6-7-12/h2-5,12H,6-7H2,1H3. The molecule has 2 aromatic rings. The maximum Gasteiger partial charge on any atom is 0.0479 e. The van der Waals surface area contributed by atoms with Crippen LogP contribution in [0.5, 0.6) is 0 Å². The highest BCUT2D eigenvalue weighted by Gasteiger charge is 2.06. The third-order valence-electron chi connectivity index (χ3n) is 2.28.